The van der Waals surface area contributed by atoms with Gasteiger partial charge in [-0.05, 0) is 18.6 Å². The first-order valence-corrected chi connectivity index (χ1v) is 7.36. The van der Waals surface area contributed by atoms with Gasteiger partial charge in [-0.25, -0.2) is 17.5 Å². The second kappa shape index (κ2) is 6.47. The maximum absolute atomic E-state index is 13.6. The van der Waals surface area contributed by atoms with Crippen LogP contribution in [0, 0.1) is 5.82 Å². The molecule has 0 fully saturated rings. The fourth-order valence-electron chi connectivity index (χ4n) is 1.41. The first-order valence-electron chi connectivity index (χ1n) is 5.50. The molecule has 4 nitrogen and oxygen atoms in total. The zero-order chi connectivity index (χ0) is 13.8. The van der Waals surface area contributed by atoms with Gasteiger partial charge in [-0.3, -0.25) is 0 Å². The molecule has 0 saturated carbocycles. The number of aliphatic hydroxyl groups excluding tert-OH is 1. The van der Waals surface area contributed by atoms with Crippen molar-refractivity contribution in [2.24, 2.45) is 0 Å². The zero-order valence-electron chi connectivity index (χ0n) is 9.86. The predicted octanol–water partition coefficient (Wildman–Crippen LogP) is 1.92. The molecule has 7 heteroatoms. The van der Waals surface area contributed by atoms with Gasteiger partial charge in [0, 0.05) is 6.54 Å². The molecule has 0 aliphatic carbocycles. The van der Waals surface area contributed by atoms with Crippen LogP contribution in [-0.2, 0) is 10.0 Å². The lowest BCUT2D eigenvalue weighted by Crippen LogP contribution is -2.32. The molecule has 0 aromatic heterocycles. The second-order valence-electron chi connectivity index (χ2n) is 3.85. The third-order valence-electron chi connectivity index (χ3n) is 2.34. The molecule has 0 radical (unpaired) electrons. The second-order valence-corrected chi connectivity index (χ2v) is 5.99. The average molecular weight is 296 g/mol. The first-order chi connectivity index (χ1) is 8.38. The van der Waals surface area contributed by atoms with Gasteiger partial charge < -0.3 is 5.11 Å². The number of hydrogen-bond donors (Lipinski definition) is 2. The van der Waals surface area contributed by atoms with Crippen molar-refractivity contribution in [3.63, 3.8) is 0 Å². The Morgan fingerprint density at radius 3 is 2.78 bits per heavy atom. The Kier molecular flexibility index (Phi) is 5.52. The van der Waals surface area contributed by atoms with Gasteiger partial charge in [-0.2, -0.15) is 0 Å². The van der Waals surface area contributed by atoms with E-state index in [1.165, 1.54) is 12.1 Å². The highest BCUT2D eigenvalue weighted by Crippen LogP contribution is 2.21. The molecule has 1 rings (SSSR count). The molecule has 0 amide bonds. The standard InChI is InChI=1S/C11H15ClFNO3S/c1-2-4-8(15)7-14-18(16,17)10-6-3-5-9(12)11(10)13/h3,5-6,8,14-15H,2,4,7H2,1H3. The Balaban J connectivity index is 2.84. The summed E-state index contributed by atoms with van der Waals surface area (Å²) >= 11 is 5.52. The van der Waals surface area contributed by atoms with Crippen LogP contribution in [-0.4, -0.2) is 26.2 Å². The summed E-state index contributed by atoms with van der Waals surface area (Å²) in [7, 11) is -4.00. The van der Waals surface area contributed by atoms with Gasteiger partial charge >= 0.3 is 0 Å². The number of aliphatic hydroxyl groups is 1. The van der Waals surface area contributed by atoms with Gasteiger partial charge in [0.25, 0.3) is 0 Å². The fourth-order valence-corrected chi connectivity index (χ4v) is 2.81. The SMILES string of the molecule is CCCC(O)CNS(=O)(=O)c1cccc(Cl)c1F. The van der Waals surface area contributed by atoms with E-state index in [4.69, 9.17) is 11.6 Å². The van der Waals surface area contributed by atoms with Crippen molar-refractivity contribution in [1.29, 1.82) is 0 Å². The van der Waals surface area contributed by atoms with Crippen molar-refractivity contribution < 1.29 is 17.9 Å². The van der Waals surface area contributed by atoms with Gasteiger partial charge in [-0.1, -0.05) is 31.0 Å². The minimum atomic E-state index is -4.00. The molecule has 1 atom stereocenters. The summed E-state index contributed by atoms with van der Waals surface area (Å²) in [5, 5.41) is 9.18. The molecule has 1 aromatic rings. The summed E-state index contributed by atoms with van der Waals surface area (Å²) in [6, 6.07) is 3.74. The van der Waals surface area contributed by atoms with Crippen LogP contribution in [0.15, 0.2) is 23.1 Å². The topological polar surface area (TPSA) is 66.4 Å². The van der Waals surface area contributed by atoms with E-state index in [0.717, 1.165) is 12.5 Å². The molecular weight excluding hydrogens is 281 g/mol. The molecule has 0 spiro atoms. The van der Waals surface area contributed by atoms with E-state index in [9.17, 15) is 17.9 Å². The number of sulfonamides is 1. The third-order valence-corrected chi connectivity index (χ3v) is 4.07. The van der Waals surface area contributed by atoms with Crippen molar-refractivity contribution in [2.75, 3.05) is 6.54 Å². The molecule has 1 unspecified atom stereocenters. The number of benzene rings is 1. The Bertz CT molecular complexity index is 507. The summed E-state index contributed by atoms with van der Waals surface area (Å²) in [6.07, 6.45) is 0.418. The van der Waals surface area contributed by atoms with Crippen LogP contribution in [0.2, 0.25) is 5.02 Å². The van der Waals surface area contributed by atoms with Crippen LogP contribution in [0.25, 0.3) is 0 Å². The molecule has 1 aromatic carbocycles. The van der Waals surface area contributed by atoms with Gasteiger partial charge in [0.1, 0.15) is 4.90 Å². The molecule has 0 aliphatic heterocycles. The zero-order valence-corrected chi connectivity index (χ0v) is 11.4. The highest BCUT2D eigenvalue weighted by Gasteiger charge is 2.21. The lowest BCUT2D eigenvalue weighted by Gasteiger charge is -2.12. The van der Waals surface area contributed by atoms with E-state index in [0.29, 0.717) is 6.42 Å². The quantitative estimate of drug-likeness (QED) is 0.842. The van der Waals surface area contributed by atoms with Gasteiger partial charge in [0.05, 0.1) is 11.1 Å². The van der Waals surface area contributed by atoms with Crippen molar-refractivity contribution in [1.82, 2.24) is 4.72 Å². The van der Waals surface area contributed by atoms with Crippen LogP contribution in [0.5, 0.6) is 0 Å². The third kappa shape index (κ3) is 3.91. The number of hydrogen-bond acceptors (Lipinski definition) is 3. The van der Waals surface area contributed by atoms with Crippen LogP contribution in [0.1, 0.15) is 19.8 Å². The van der Waals surface area contributed by atoms with Crippen LogP contribution < -0.4 is 4.72 Å². The Hall–Kier alpha value is -0.690. The summed E-state index contributed by atoms with van der Waals surface area (Å²) in [6.45, 7) is 1.72. The molecule has 0 bridgehead atoms. The average Bonchev–Trinajstić information content (AvgIpc) is 2.30. The highest BCUT2D eigenvalue weighted by molar-refractivity contribution is 7.89. The van der Waals surface area contributed by atoms with Crippen molar-refractivity contribution in [2.45, 2.75) is 30.8 Å². The predicted molar refractivity (Wildman–Crippen MR) is 67.5 cm³/mol. The summed E-state index contributed by atoms with van der Waals surface area (Å²) in [4.78, 5) is -0.515. The Morgan fingerprint density at radius 2 is 2.17 bits per heavy atom. The van der Waals surface area contributed by atoms with Gasteiger partial charge in [0.2, 0.25) is 10.0 Å². The van der Waals surface area contributed by atoms with Crippen molar-refractivity contribution in [3.05, 3.63) is 29.0 Å². The van der Waals surface area contributed by atoms with E-state index < -0.39 is 26.8 Å². The first kappa shape index (κ1) is 15.4. The van der Waals surface area contributed by atoms with Crippen LogP contribution in [0.3, 0.4) is 0 Å². The normalized spacial score (nSPS) is 13.6. The minimum absolute atomic E-state index is 0.151. The molecule has 0 saturated heterocycles. The van der Waals surface area contributed by atoms with E-state index in [1.54, 1.807) is 0 Å². The lowest BCUT2D eigenvalue weighted by molar-refractivity contribution is 0.167. The molecule has 0 aliphatic rings. The number of rotatable bonds is 6. The van der Waals surface area contributed by atoms with Crippen LogP contribution >= 0.6 is 11.6 Å². The highest BCUT2D eigenvalue weighted by atomic mass is 35.5. The van der Waals surface area contributed by atoms with Gasteiger partial charge in [-0.15, -0.1) is 0 Å². The molecule has 102 valence electrons. The van der Waals surface area contributed by atoms with Crippen molar-refractivity contribution >= 4 is 21.6 Å². The Labute approximate surface area is 111 Å². The maximum Gasteiger partial charge on any atom is 0.243 e. The monoisotopic (exact) mass is 295 g/mol. The summed E-state index contributed by atoms with van der Waals surface area (Å²) < 4.78 is 39.3. The molecule has 2 N–H and O–H groups in total. The summed E-state index contributed by atoms with van der Waals surface area (Å²) in [5.74, 6) is -0.989. The van der Waals surface area contributed by atoms with E-state index >= 15 is 0 Å². The molecule has 18 heavy (non-hydrogen) atoms. The fraction of sp³-hybridized carbons (Fsp3) is 0.455. The van der Waals surface area contributed by atoms with Gasteiger partial charge in [0.15, 0.2) is 5.82 Å². The van der Waals surface area contributed by atoms with E-state index in [2.05, 4.69) is 4.72 Å². The molecule has 0 heterocycles. The minimum Gasteiger partial charge on any atom is -0.392 e. The number of nitrogens with one attached hydrogen (secondary N) is 1. The molecular formula is C11H15ClFNO3S. The van der Waals surface area contributed by atoms with Crippen LogP contribution in [0.4, 0.5) is 4.39 Å². The maximum atomic E-state index is 13.6. The lowest BCUT2D eigenvalue weighted by atomic mass is 10.2. The van der Waals surface area contributed by atoms with E-state index in [1.807, 2.05) is 6.92 Å². The number of halogens is 2. The Morgan fingerprint density at radius 1 is 1.50 bits per heavy atom. The van der Waals surface area contributed by atoms with Crippen molar-refractivity contribution in [3.8, 4) is 0 Å². The smallest absolute Gasteiger partial charge is 0.243 e. The largest absolute Gasteiger partial charge is 0.392 e. The summed E-state index contributed by atoms with van der Waals surface area (Å²) in [5.41, 5.74) is 0. The van der Waals surface area contributed by atoms with E-state index in [-0.39, 0.29) is 11.6 Å².